The number of anilines is 1. The highest BCUT2D eigenvalue weighted by atomic mass is 16.5. The first-order chi connectivity index (χ1) is 13.7. The van der Waals surface area contributed by atoms with Gasteiger partial charge in [0.1, 0.15) is 0 Å². The van der Waals surface area contributed by atoms with Gasteiger partial charge < -0.3 is 10.1 Å². The molecular weight excluding hydrogens is 364 g/mol. The monoisotopic (exact) mass is 394 g/mol. The number of rotatable bonds is 8. The summed E-state index contributed by atoms with van der Waals surface area (Å²) < 4.78 is 5.21. The molecule has 0 atom stereocenters. The van der Waals surface area contributed by atoms with E-state index in [1.54, 1.807) is 40.0 Å². The summed E-state index contributed by atoms with van der Waals surface area (Å²) in [5.74, 6) is -0.685. The fourth-order valence-corrected chi connectivity index (χ4v) is 2.68. The zero-order chi connectivity index (χ0) is 22.1. The number of hydrogen-bond acceptors (Lipinski definition) is 4. The molecule has 0 aliphatic carbocycles. The summed E-state index contributed by atoms with van der Waals surface area (Å²) in [6, 6.07) is 5.62. The van der Waals surface area contributed by atoms with Gasteiger partial charge in [-0.15, -0.1) is 0 Å². The normalized spacial score (nSPS) is 12.4. The van der Waals surface area contributed by atoms with E-state index in [4.69, 9.17) is 4.74 Å². The lowest BCUT2D eigenvalue weighted by molar-refractivity contribution is -0.138. The number of allylic oxidation sites excluding steroid dienone is 2. The molecule has 1 N–H and O–H groups in total. The number of hydrogen-bond donors (Lipinski definition) is 1. The summed E-state index contributed by atoms with van der Waals surface area (Å²) in [4.78, 5) is 29.1. The lowest BCUT2D eigenvalue weighted by Gasteiger charge is -2.17. The van der Waals surface area contributed by atoms with E-state index < -0.39 is 5.97 Å². The maximum absolute atomic E-state index is 12.5. The number of nitrogens with zero attached hydrogens (tertiary/aromatic N) is 1. The summed E-state index contributed by atoms with van der Waals surface area (Å²) in [7, 11) is 0. The summed E-state index contributed by atoms with van der Waals surface area (Å²) in [6.45, 7) is 18.7. The van der Waals surface area contributed by atoms with Crippen LogP contribution in [0.4, 0.5) is 5.69 Å². The van der Waals surface area contributed by atoms with E-state index >= 15 is 0 Å². The Bertz CT molecular complexity index is 918. The zero-order valence-electron chi connectivity index (χ0n) is 18.2. The zero-order valence-corrected chi connectivity index (χ0v) is 18.2. The summed E-state index contributed by atoms with van der Waals surface area (Å²) in [5, 5.41) is 2.86. The third-order valence-corrected chi connectivity index (χ3v) is 4.12. The highest BCUT2D eigenvalue weighted by Crippen LogP contribution is 2.32. The number of aliphatic imine (C=N–C) groups is 1. The third-order valence-electron chi connectivity index (χ3n) is 4.12. The van der Waals surface area contributed by atoms with E-state index in [0.29, 0.717) is 33.7 Å². The first-order valence-corrected chi connectivity index (χ1v) is 9.48. The second kappa shape index (κ2) is 11.0. The minimum Gasteiger partial charge on any atom is -0.462 e. The molecule has 0 fully saturated rings. The van der Waals surface area contributed by atoms with E-state index in [1.165, 1.54) is 0 Å². The molecule has 0 radical (unpaired) electrons. The second-order valence-electron chi connectivity index (χ2n) is 6.58. The van der Waals surface area contributed by atoms with Crippen molar-refractivity contribution >= 4 is 29.5 Å². The molecule has 5 heteroatoms. The van der Waals surface area contributed by atoms with E-state index in [9.17, 15) is 9.59 Å². The molecule has 0 aromatic heterocycles. The van der Waals surface area contributed by atoms with E-state index in [0.717, 1.165) is 11.1 Å². The highest BCUT2D eigenvalue weighted by Gasteiger charge is 2.21. The molecule has 5 nitrogen and oxygen atoms in total. The molecule has 29 heavy (non-hydrogen) atoms. The molecule has 0 heterocycles. The largest absolute Gasteiger partial charge is 0.462 e. The van der Waals surface area contributed by atoms with Crippen molar-refractivity contribution in [1.29, 1.82) is 0 Å². The van der Waals surface area contributed by atoms with Gasteiger partial charge in [-0.1, -0.05) is 31.4 Å². The first kappa shape index (κ1) is 23.8. The van der Waals surface area contributed by atoms with Crippen molar-refractivity contribution in [2.75, 3.05) is 11.9 Å². The standard InChI is InChI=1S/C24H30N2O3/c1-9-19(24(28)29-11-3)21(15(4)5)22(25-10-2)18-13-12-17(8)20(14-18)26-23(27)16(6)7/h9-10,12-14H,4,6,11H2,1-3,5,7-8H3,(H,26,27)/b19-9?,22-21+,25-10?. The molecule has 1 rings (SSSR count). The number of ether oxygens (including phenoxy) is 1. The molecule has 154 valence electrons. The minimum atomic E-state index is -0.431. The van der Waals surface area contributed by atoms with Crippen LogP contribution in [0.2, 0.25) is 0 Å². The van der Waals surface area contributed by atoms with Gasteiger partial charge in [0.2, 0.25) is 0 Å². The van der Waals surface area contributed by atoms with E-state index in [2.05, 4.69) is 23.5 Å². The molecule has 0 saturated carbocycles. The van der Waals surface area contributed by atoms with Crippen molar-refractivity contribution in [3.05, 3.63) is 70.9 Å². The van der Waals surface area contributed by atoms with Crippen molar-refractivity contribution in [2.24, 2.45) is 4.99 Å². The van der Waals surface area contributed by atoms with E-state index in [-0.39, 0.29) is 12.5 Å². The van der Waals surface area contributed by atoms with Crippen LogP contribution in [0.5, 0.6) is 0 Å². The predicted octanol–water partition coefficient (Wildman–Crippen LogP) is 5.40. The van der Waals surface area contributed by atoms with Crippen molar-refractivity contribution in [2.45, 2.75) is 41.5 Å². The van der Waals surface area contributed by atoms with Gasteiger partial charge in [-0.3, -0.25) is 9.79 Å². The van der Waals surface area contributed by atoms with Gasteiger partial charge in [-0.25, -0.2) is 4.79 Å². The fourth-order valence-electron chi connectivity index (χ4n) is 2.68. The number of aryl methyl sites for hydroxylation is 1. The van der Waals surface area contributed by atoms with Gasteiger partial charge >= 0.3 is 5.97 Å². The molecule has 1 amide bonds. The van der Waals surface area contributed by atoms with Gasteiger partial charge in [0.15, 0.2) is 0 Å². The summed E-state index contributed by atoms with van der Waals surface area (Å²) in [5.41, 5.74) is 4.96. The van der Waals surface area contributed by atoms with Crippen molar-refractivity contribution in [3.8, 4) is 0 Å². The summed E-state index contributed by atoms with van der Waals surface area (Å²) in [6.07, 6.45) is 3.36. The SMILES string of the molecule is C=C(C)C(=O)Nc1cc(/C(N=CC)=C(/C(=C)C)C(=CC)C(=O)OCC)ccc1C. The average Bonchev–Trinajstić information content (AvgIpc) is 2.66. The lowest BCUT2D eigenvalue weighted by atomic mass is 9.93. The molecule has 0 bridgehead atoms. The Labute approximate surface area is 173 Å². The fraction of sp³-hybridized carbons (Fsp3) is 0.292. The number of carbonyl (C=O) groups excluding carboxylic acids is 2. The van der Waals surface area contributed by atoms with Gasteiger partial charge in [0.05, 0.1) is 17.9 Å². The molecule has 1 aromatic rings. The molecule has 0 saturated heterocycles. The maximum Gasteiger partial charge on any atom is 0.338 e. The van der Waals surface area contributed by atoms with Gasteiger partial charge in [0.25, 0.3) is 5.91 Å². The van der Waals surface area contributed by atoms with Gasteiger partial charge in [-0.05, 0) is 58.7 Å². The molecule has 0 spiro atoms. The Morgan fingerprint density at radius 1 is 1.17 bits per heavy atom. The minimum absolute atomic E-state index is 0.254. The summed E-state index contributed by atoms with van der Waals surface area (Å²) >= 11 is 0. The number of amides is 1. The van der Waals surface area contributed by atoms with Gasteiger partial charge in [-0.2, -0.15) is 0 Å². The Hall–Kier alpha value is -3.21. The van der Waals surface area contributed by atoms with Crippen LogP contribution in [0.25, 0.3) is 5.70 Å². The Balaban J connectivity index is 3.72. The predicted molar refractivity (Wildman–Crippen MR) is 121 cm³/mol. The van der Waals surface area contributed by atoms with Crippen LogP contribution in [-0.2, 0) is 14.3 Å². The Morgan fingerprint density at radius 2 is 1.83 bits per heavy atom. The van der Waals surface area contributed by atoms with Crippen LogP contribution in [0, 0.1) is 6.92 Å². The van der Waals surface area contributed by atoms with Gasteiger partial charge in [0, 0.05) is 28.6 Å². The number of nitrogens with one attached hydrogen (secondary N) is 1. The van der Waals surface area contributed by atoms with E-state index in [1.807, 2.05) is 32.0 Å². The molecule has 0 unspecified atom stereocenters. The van der Waals surface area contributed by atoms with Crippen molar-refractivity contribution < 1.29 is 14.3 Å². The van der Waals surface area contributed by atoms with Crippen LogP contribution >= 0.6 is 0 Å². The lowest BCUT2D eigenvalue weighted by Crippen LogP contribution is -2.13. The second-order valence-corrected chi connectivity index (χ2v) is 6.58. The maximum atomic E-state index is 12.5. The first-order valence-electron chi connectivity index (χ1n) is 9.48. The Kier molecular flexibility index (Phi) is 9.00. The van der Waals surface area contributed by atoms with Crippen LogP contribution in [0.1, 0.15) is 45.7 Å². The number of benzene rings is 1. The van der Waals surface area contributed by atoms with Crippen molar-refractivity contribution in [1.82, 2.24) is 0 Å². The molecule has 0 aliphatic heterocycles. The quantitative estimate of drug-likeness (QED) is 0.278. The third kappa shape index (κ3) is 6.14. The van der Waals surface area contributed by atoms with Crippen LogP contribution in [0.15, 0.2) is 64.7 Å². The molecule has 0 aliphatic rings. The molecule has 1 aromatic carbocycles. The number of esters is 1. The van der Waals surface area contributed by atoms with Crippen LogP contribution < -0.4 is 5.32 Å². The topological polar surface area (TPSA) is 67.8 Å². The van der Waals surface area contributed by atoms with Crippen molar-refractivity contribution in [3.63, 3.8) is 0 Å². The number of carbonyl (C=O) groups is 2. The van der Waals surface area contributed by atoms with Crippen LogP contribution in [-0.4, -0.2) is 24.7 Å². The Morgan fingerprint density at radius 3 is 2.31 bits per heavy atom. The highest BCUT2D eigenvalue weighted by molar-refractivity contribution is 6.04. The van der Waals surface area contributed by atoms with Crippen LogP contribution in [0.3, 0.4) is 0 Å². The molecular formula is C24H30N2O3. The average molecular weight is 395 g/mol. The smallest absolute Gasteiger partial charge is 0.338 e.